The van der Waals surface area contributed by atoms with Gasteiger partial charge < -0.3 is 15.6 Å². The molecule has 6 heteroatoms. The molecule has 1 aliphatic heterocycles. The normalized spacial score (nSPS) is 27.9. The van der Waals surface area contributed by atoms with Crippen LogP contribution in [0, 0.1) is 0 Å². The second kappa shape index (κ2) is 6.45. The van der Waals surface area contributed by atoms with Crippen molar-refractivity contribution in [1.29, 1.82) is 0 Å². The minimum absolute atomic E-state index is 0.00150. The second-order valence-electron chi connectivity index (χ2n) is 5.57. The summed E-state index contributed by atoms with van der Waals surface area (Å²) in [7, 11) is 0. The largest absolute Gasteiger partial charge is 0.394 e. The van der Waals surface area contributed by atoms with Crippen LogP contribution in [-0.4, -0.2) is 45.0 Å². The first-order valence-corrected chi connectivity index (χ1v) is 7.02. The quantitative estimate of drug-likeness (QED) is 0.819. The van der Waals surface area contributed by atoms with E-state index in [2.05, 4.69) is 24.2 Å². The second-order valence-corrected chi connectivity index (χ2v) is 5.57. The number of aliphatic hydroxyl groups is 1. The van der Waals surface area contributed by atoms with Gasteiger partial charge in [-0.1, -0.05) is 19.1 Å². The van der Waals surface area contributed by atoms with Crippen molar-refractivity contribution in [1.82, 2.24) is 15.0 Å². The maximum Gasteiger partial charge on any atom is 0.0959 e. The number of hydrogen-bond donors (Lipinski definition) is 2. The van der Waals surface area contributed by atoms with Gasteiger partial charge in [-0.3, -0.25) is 4.68 Å². The van der Waals surface area contributed by atoms with Crippen molar-refractivity contribution in [2.75, 3.05) is 6.61 Å². The van der Waals surface area contributed by atoms with Gasteiger partial charge in [0.2, 0.25) is 0 Å². The lowest BCUT2D eigenvalue weighted by Gasteiger charge is -2.33. The van der Waals surface area contributed by atoms with E-state index < -0.39 is 0 Å². The lowest BCUT2D eigenvalue weighted by atomic mass is 9.98. The highest BCUT2D eigenvalue weighted by molar-refractivity contribution is 4.98. The van der Waals surface area contributed by atoms with Gasteiger partial charge in [-0.15, -0.1) is 5.10 Å². The summed E-state index contributed by atoms with van der Waals surface area (Å²) in [5.41, 5.74) is 6.90. The molecule has 0 bridgehead atoms. The highest BCUT2D eigenvalue weighted by Crippen LogP contribution is 2.21. The fourth-order valence-corrected chi connectivity index (χ4v) is 2.33. The van der Waals surface area contributed by atoms with Gasteiger partial charge >= 0.3 is 0 Å². The molecule has 1 aromatic rings. The van der Waals surface area contributed by atoms with Crippen LogP contribution in [0.3, 0.4) is 0 Å². The molecule has 1 aliphatic rings. The molecule has 3 N–H and O–H groups in total. The Morgan fingerprint density at radius 2 is 2.32 bits per heavy atom. The van der Waals surface area contributed by atoms with E-state index in [0.717, 1.165) is 31.5 Å². The van der Waals surface area contributed by atoms with Gasteiger partial charge in [0.05, 0.1) is 24.5 Å². The number of nitrogens with zero attached hydrogens (tertiary/aromatic N) is 3. The van der Waals surface area contributed by atoms with Gasteiger partial charge in [0.1, 0.15) is 0 Å². The Balaban J connectivity index is 1.81. The van der Waals surface area contributed by atoms with Crippen LogP contribution in [-0.2, 0) is 11.3 Å². The molecule has 0 unspecified atom stereocenters. The van der Waals surface area contributed by atoms with Crippen LogP contribution in [0.2, 0.25) is 0 Å². The number of ether oxygens (including phenoxy) is 1. The van der Waals surface area contributed by atoms with Crippen LogP contribution in [0.15, 0.2) is 6.20 Å². The van der Waals surface area contributed by atoms with E-state index in [-0.39, 0.29) is 24.9 Å². The van der Waals surface area contributed by atoms with Crippen LogP contribution in [0.5, 0.6) is 0 Å². The fourth-order valence-electron chi connectivity index (χ4n) is 2.33. The van der Waals surface area contributed by atoms with Gasteiger partial charge in [0.25, 0.3) is 0 Å². The first kappa shape index (κ1) is 14.4. The lowest BCUT2D eigenvalue weighted by Crippen LogP contribution is -2.46. The summed E-state index contributed by atoms with van der Waals surface area (Å²) in [5, 5.41) is 17.4. The molecule has 0 aliphatic carbocycles. The van der Waals surface area contributed by atoms with Crippen LogP contribution < -0.4 is 5.73 Å². The Morgan fingerprint density at radius 3 is 2.95 bits per heavy atom. The molecule has 1 saturated heterocycles. The Labute approximate surface area is 113 Å². The third-order valence-corrected chi connectivity index (χ3v) is 3.67. The van der Waals surface area contributed by atoms with Crippen LogP contribution >= 0.6 is 0 Å². The summed E-state index contributed by atoms with van der Waals surface area (Å²) in [6, 6.07) is -0.0415. The third kappa shape index (κ3) is 3.75. The Hall–Kier alpha value is -0.980. The highest BCUT2D eigenvalue weighted by Gasteiger charge is 2.28. The standard InChI is InChI=1S/C13H24N4O2/c1-9(2)12-7-17(16-15-12)6-5-10-3-4-11(14)13(8-18)19-10/h7,9-11,13,18H,3-6,8,14H2,1-2H3/t10-,11+,13-/m1/s1. The molecule has 1 fully saturated rings. The number of nitrogens with two attached hydrogens (primary N) is 1. The first-order chi connectivity index (χ1) is 9.10. The van der Waals surface area contributed by atoms with Crippen molar-refractivity contribution < 1.29 is 9.84 Å². The molecule has 0 radical (unpaired) electrons. The molecule has 2 heterocycles. The number of hydrogen-bond acceptors (Lipinski definition) is 5. The molecule has 6 nitrogen and oxygen atoms in total. The zero-order valence-corrected chi connectivity index (χ0v) is 11.7. The highest BCUT2D eigenvalue weighted by atomic mass is 16.5. The van der Waals surface area contributed by atoms with Gasteiger partial charge in [0.15, 0.2) is 0 Å². The predicted molar refractivity (Wildman–Crippen MR) is 71.7 cm³/mol. The van der Waals surface area contributed by atoms with Crippen molar-refractivity contribution >= 4 is 0 Å². The van der Waals surface area contributed by atoms with Gasteiger partial charge in [-0.05, 0) is 25.2 Å². The molecule has 2 rings (SSSR count). The van der Waals surface area contributed by atoms with Crippen molar-refractivity contribution in [2.45, 2.75) is 63.8 Å². The third-order valence-electron chi connectivity index (χ3n) is 3.67. The van der Waals surface area contributed by atoms with E-state index in [1.165, 1.54) is 0 Å². The van der Waals surface area contributed by atoms with Crippen molar-refractivity contribution in [3.63, 3.8) is 0 Å². The zero-order valence-electron chi connectivity index (χ0n) is 11.7. The van der Waals surface area contributed by atoms with Crippen molar-refractivity contribution in [3.8, 4) is 0 Å². The molecular weight excluding hydrogens is 244 g/mol. The number of aliphatic hydroxyl groups excluding tert-OH is 1. The predicted octanol–water partition coefficient (Wildman–Crippen LogP) is 0.659. The van der Waals surface area contributed by atoms with Gasteiger partial charge in [-0.2, -0.15) is 0 Å². The average Bonchev–Trinajstić information content (AvgIpc) is 2.87. The number of aryl methyl sites for hydroxylation is 1. The molecule has 0 amide bonds. The Bertz CT molecular complexity index is 394. The van der Waals surface area contributed by atoms with Crippen molar-refractivity contribution in [3.05, 3.63) is 11.9 Å². The maximum absolute atomic E-state index is 9.20. The molecule has 0 spiro atoms. The Kier molecular flexibility index (Phi) is 4.90. The molecule has 19 heavy (non-hydrogen) atoms. The zero-order chi connectivity index (χ0) is 13.8. The first-order valence-electron chi connectivity index (χ1n) is 7.02. The summed E-state index contributed by atoms with van der Waals surface area (Å²) < 4.78 is 7.65. The summed E-state index contributed by atoms with van der Waals surface area (Å²) >= 11 is 0. The summed E-state index contributed by atoms with van der Waals surface area (Å²) in [5.74, 6) is 0.399. The molecule has 3 atom stereocenters. The fraction of sp³-hybridized carbons (Fsp3) is 0.846. The molecule has 0 saturated carbocycles. The van der Waals surface area contributed by atoms with E-state index >= 15 is 0 Å². The maximum atomic E-state index is 9.20. The lowest BCUT2D eigenvalue weighted by molar-refractivity contribution is -0.0861. The van der Waals surface area contributed by atoms with Crippen LogP contribution in [0.25, 0.3) is 0 Å². The molecule has 108 valence electrons. The van der Waals surface area contributed by atoms with Crippen LogP contribution in [0.1, 0.15) is 44.7 Å². The van der Waals surface area contributed by atoms with Gasteiger partial charge in [0, 0.05) is 18.8 Å². The minimum Gasteiger partial charge on any atom is -0.394 e. The smallest absolute Gasteiger partial charge is 0.0959 e. The van der Waals surface area contributed by atoms with Crippen LogP contribution in [0.4, 0.5) is 0 Å². The number of rotatable bonds is 5. The SMILES string of the molecule is CC(C)c1cn(CC[C@H]2CC[C@H](N)[C@@H](CO)O2)nn1. The van der Waals surface area contributed by atoms with E-state index in [1.54, 1.807) is 0 Å². The van der Waals surface area contributed by atoms with E-state index in [9.17, 15) is 5.11 Å². The average molecular weight is 268 g/mol. The summed E-state index contributed by atoms with van der Waals surface area (Å²) in [4.78, 5) is 0. The summed E-state index contributed by atoms with van der Waals surface area (Å²) in [6.45, 7) is 4.99. The van der Waals surface area contributed by atoms with E-state index in [1.807, 2.05) is 10.9 Å². The summed E-state index contributed by atoms with van der Waals surface area (Å²) in [6.07, 6.45) is 4.66. The molecule has 1 aromatic heterocycles. The van der Waals surface area contributed by atoms with E-state index in [0.29, 0.717) is 5.92 Å². The van der Waals surface area contributed by atoms with Gasteiger partial charge in [-0.25, -0.2) is 0 Å². The monoisotopic (exact) mass is 268 g/mol. The molecular formula is C13H24N4O2. The van der Waals surface area contributed by atoms with E-state index in [4.69, 9.17) is 10.5 Å². The minimum atomic E-state index is -0.222. The van der Waals surface area contributed by atoms with Crippen molar-refractivity contribution in [2.24, 2.45) is 5.73 Å². The molecule has 0 aromatic carbocycles. The Morgan fingerprint density at radius 1 is 1.53 bits per heavy atom. The number of aromatic nitrogens is 3. The topological polar surface area (TPSA) is 86.2 Å².